The average Bonchev–Trinajstić information content (AvgIpc) is 4.13. The van der Waals surface area contributed by atoms with E-state index in [4.69, 9.17) is 14.2 Å². The van der Waals surface area contributed by atoms with Crippen molar-refractivity contribution >= 4 is 44.6 Å². The maximum absolute atomic E-state index is 16.4. The molecular formula is C44H60F4N4O9S. The number of sulfonamides is 1. The number of halogens is 4. The number of carbonyl (C=O) groups excluding carboxylic acids is 4. The van der Waals surface area contributed by atoms with Crippen LogP contribution >= 0.6 is 0 Å². The molecule has 2 amide bonds. The highest BCUT2D eigenvalue weighted by Gasteiger charge is 2.67. The maximum atomic E-state index is 16.4. The lowest BCUT2D eigenvalue weighted by atomic mass is 9.77. The second-order valence-electron chi connectivity index (χ2n) is 19.5. The van der Waals surface area contributed by atoms with Gasteiger partial charge in [0.2, 0.25) is 34.1 Å². The Morgan fingerprint density at radius 1 is 1.05 bits per heavy atom. The summed E-state index contributed by atoms with van der Waals surface area (Å²) in [5.41, 5.74) is -4.22. The first-order valence-corrected chi connectivity index (χ1v) is 22.7. The van der Waals surface area contributed by atoms with Crippen LogP contribution in [0.2, 0.25) is 0 Å². The van der Waals surface area contributed by atoms with Gasteiger partial charge in [-0.05, 0) is 76.3 Å². The topological polar surface area (TPSA) is 171 Å². The summed E-state index contributed by atoms with van der Waals surface area (Å²) in [6.45, 7) is 9.79. The van der Waals surface area contributed by atoms with Crippen LogP contribution in [0.3, 0.4) is 0 Å². The Morgan fingerprint density at radius 2 is 1.74 bits per heavy atom. The quantitative estimate of drug-likeness (QED) is 0.195. The average molecular weight is 897 g/mol. The van der Waals surface area contributed by atoms with Crippen LogP contribution in [0.5, 0.6) is 11.6 Å². The molecule has 3 aliphatic carbocycles. The van der Waals surface area contributed by atoms with Crippen molar-refractivity contribution in [2.45, 2.75) is 154 Å². The van der Waals surface area contributed by atoms with Gasteiger partial charge in [0.25, 0.3) is 5.92 Å². The normalized spacial score (nSPS) is 31.9. The number of hydrogen-bond acceptors (Lipinski definition) is 11. The minimum absolute atomic E-state index is 0. The number of nitrogens with zero attached hydrogens (tertiary/aromatic N) is 3. The lowest BCUT2D eigenvalue weighted by Crippen LogP contribution is -2.50. The van der Waals surface area contributed by atoms with Crippen LogP contribution in [0, 0.1) is 34.5 Å². The van der Waals surface area contributed by atoms with Gasteiger partial charge in [-0.15, -0.1) is 0 Å². The van der Waals surface area contributed by atoms with Crippen LogP contribution in [0.1, 0.15) is 125 Å². The van der Waals surface area contributed by atoms with E-state index in [1.807, 2.05) is 4.72 Å². The van der Waals surface area contributed by atoms with E-state index in [0.717, 1.165) is 0 Å². The number of ketones is 1. The second-order valence-corrected chi connectivity index (χ2v) is 21.7. The summed E-state index contributed by atoms with van der Waals surface area (Å²) in [4.78, 5) is 67.3. The number of alkyl halides is 4. The Kier molecular flexibility index (Phi) is 12.6. The van der Waals surface area contributed by atoms with Gasteiger partial charge in [-0.3, -0.25) is 23.9 Å². The molecule has 5 aliphatic rings. The summed E-state index contributed by atoms with van der Waals surface area (Å²) in [5, 5.41) is 0. The Bertz CT molecular complexity index is 2220. The number of esters is 1. The van der Waals surface area contributed by atoms with Gasteiger partial charge in [-0.1, -0.05) is 41.5 Å². The summed E-state index contributed by atoms with van der Waals surface area (Å²) < 4.78 is 106. The van der Waals surface area contributed by atoms with Crippen molar-refractivity contribution in [2.75, 3.05) is 13.7 Å². The molecule has 0 unspecified atom stereocenters. The number of carbonyl (C=O) groups is 4. The molecule has 0 spiro atoms. The van der Waals surface area contributed by atoms with Crippen molar-refractivity contribution < 1.29 is 59.4 Å². The van der Waals surface area contributed by atoms with Gasteiger partial charge in [0.15, 0.2) is 11.5 Å². The molecule has 2 aliphatic heterocycles. The van der Waals surface area contributed by atoms with Crippen molar-refractivity contribution in [3.63, 3.8) is 0 Å². The highest BCUT2D eigenvalue weighted by molar-refractivity contribution is 7.91. The van der Waals surface area contributed by atoms with E-state index in [0.29, 0.717) is 25.0 Å². The van der Waals surface area contributed by atoms with Crippen LogP contribution in [0.4, 0.5) is 17.6 Å². The fourth-order valence-electron chi connectivity index (χ4n) is 9.40. The number of fused-ring (bicyclic) bond motifs is 5. The molecule has 0 radical (unpaired) electrons. The fraction of sp³-hybridized carbons (Fsp3) is 0.727. The smallest absolute Gasteiger partial charge is 0.307 e. The Morgan fingerprint density at radius 3 is 2.34 bits per heavy atom. The molecule has 1 aromatic heterocycles. The molecule has 8 atom stereocenters. The molecule has 1 N–H and O–H groups in total. The van der Waals surface area contributed by atoms with Gasteiger partial charge in [0.1, 0.15) is 17.5 Å². The van der Waals surface area contributed by atoms with Crippen LogP contribution in [0.25, 0.3) is 11.0 Å². The SMILES string of the molecule is C.CC[C@@H]1[C@@H]2CN(C(=O)[C@H](C(C)(C)C)CC(=O)O[C@]3(C)C[C@H]3CCCCC(F)(F)c3nc4ccc(OC)cc4nc3O2)[C@@H]1C(=O)C[C@]1(C(=O)NS(=O)(=O)C2(C)CC2)C[C@H]1C(F)F. The summed E-state index contributed by atoms with van der Waals surface area (Å²) >= 11 is 0. The predicted molar refractivity (Wildman–Crippen MR) is 220 cm³/mol. The van der Waals surface area contributed by atoms with E-state index in [1.165, 1.54) is 31.1 Å². The van der Waals surface area contributed by atoms with E-state index in [9.17, 15) is 36.4 Å². The van der Waals surface area contributed by atoms with Gasteiger partial charge in [0, 0.05) is 36.7 Å². The summed E-state index contributed by atoms with van der Waals surface area (Å²) in [6.07, 6.45) is -4.29. The number of methoxy groups -OCH3 is 1. The second kappa shape index (κ2) is 16.5. The third kappa shape index (κ3) is 8.86. The number of ether oxygens (including phenoxy) is 3. The van der Waals surface area contributed by atoms with Crippen LogP contribution in [-0.4, -0.2) is 89.4 Å². The first-order chi connectivity index (χ1) is 28.4. The zero-order chi connectivity index (χ0) is 44.7. The molecule has 13 nitrogen and oxygen atoms in total. The number of nitrogens with one attached hydrogen (secondary N) is 1. The van der Waals surface area contributed by atoms with Crippen molar-refractivity contribution in [2.24, 2.45) is 34.5 Å². The highest BCUT2D eigenvalue weighted by atomic mass is 32.2. The lowest BCUT2D eigenvalue weighted by Gasteiger charge is -2.35. The van der Waals surface area contributed by atoms with Crippen molar-refractivity contribution in [3.05, 3.63) is 23.9 Å². The zero-order valence-electron chi connectivity index (χ0n) is 35.7. The van der Waals surface area contributed by atoms with E-state index < -0.39 is 128 Å². The molecular weight excluding hydrogens is 837 g/mol. The van der Waals surface area contributed by atoms with Gasteiger partial charge >= 0.3 is 5.97 Å². The molecule has 4 fully saturated rings. The molecule has 1 aromatic carbocycles. The first-order valence-electron chi connectivity index (χ1n) is 21.2. The molecule has 18 heteroatoms. The number of hydrogen-bond donors (Lipinski definition) is 1. The summed E-state index contributed by atoms with van der Waals surface area (Å²) in [6, 6.07) is 3.12. The predicted octanol–water partition coefficient (Wildman–Crippen LogP) is 7.53. The number of aromatic nitrogens is 2. The van der Waals surface area contributed by atoms with E-state index in [2.05, 4.69) is 9.97 Å². The Hall–Kier alpha value is -4.09. The van der Waals surface area contributed by atoms with Crippen molar-refractivity contribution in [1.82, 2.24) is 19.6 Å². The number of Topliss-reactive ketones (excluding diaryl/α,β-unsaturated/α-hetero) is 1. The van der Waals surface area contributed by atoms with Gasteiger partial charge in [-0.25, -0.2) is 27.2 Å². The van der Waals surface area contributed by atoms with E-state index in [1.54, 1.807) is 40.7 Å². The standard InChI is InChI=1S/C43H56F4N4O9S.CH4/c1-8-25-31-22-51(33(25)30(52)21-42(20-27(42)35(44)45)38(55)50-61(56,57)40(5)15-16-40)37(54)26(39(2,3)4)18-32(53)60-41(6)19-23(41)11-9-10-14-43(46,47)34-36(59-31)49-29-17-24(58-7)12-13-28(29)48-34;/h12-13,17,23,25-27,31,33,35H,8-11,14-16,18-22H2,1-7H3,(H,50,55);1H4/t23-,25-,26-,27+,31+,33+,41-,42-;/m1./s1. The van der Waals surface area contributed by atoms with Gasteiger partial charge in [0.05, 0.1) is 53.2 Å². The molecule has 3 saturated carbocycles. The largest absolute Gasteiger partial charge is 0.497 e. The zero-order valence-corrected chi connectivity index (χ0v) is 36.5. The van der Waals surface area contributed by atoms with Crippen molar-refractivity contribution in [1.29, 1.82) is 0 Å². The fourth-order valence-corrected chi connectivity index (χ4v) is 10.7. The van der Waals surface area contributed by atoms with Crippen LogP contribution < -0.4 is 14.2 Å². The van der Waals surface area contributed by atoms with Gasteiger partial charge in [-0.2, -0.15) is 8.78 Å². The van der Waals surface area contributed by atoms with E-state index in [-0.39, 0.29) is 63.0 Å². The van der Waals surface area contributed by atoms with Crippen molar-refractivity contribution in [3.8, 4) is 11.6 Å². The number of amides is 2. The minimum atomic E-state index is -4.27. The molecule has 2 bridgehead atoms. The maximum Gasteiger partial charge on any atom is 0.307 e. The lowest BCUT2D eigenvalue weighted by molar-refractivity contribution is -0.158. The summed E-state index contributed by atoms with van der Waals surface area (Å²) in [7, 11) is -2.84. The number of benzene rings is 1. The third-order valence-corrected chi connectivity index (χ3v) is 16.2. The Balaban J connectivity index is 0.00000641. The Labute approximate surface area is 360 Å². The van der Waals surface area contributed by atoms with Gasteiger partial charge < -0.3 is 19.1 Å². The molecule has 62 heavy (non-hydrogen) atoms. The third-order valence-electron chi connectivity index (χ3n) is 14.0. The van der Waals surface area contributed by atoms with Crippen LogP contribution in [-0.2, 0) is 39.9 Å². The van der Waals surface area contributed by atoms with E-state index >= 15 is 8.78 Å². The molecule has 2 aromatic rings. The van der Waals surface area contributed by atoms with Crippen LogP contribution in [0.15, 0.2) is 18.2 Å². The monoisotopic (exact) mass is 896 g/mol. The summed E-state index contributed by atoms with van der Waals surface area (Å²) in [5.74, 6) is -10.8. The molecule has 1 saturated heterocycles. The molecule has 3 heterocycles. The number of rotatable bonds is 9. The highest BCUT2D eigenvalue weighted by Crippen LogP contribution is 2.60. The minimum Gasteiger partial charge on any atom is -0.497 e. The molecule has 7 rings (SSSR count). The molecule has 344 valence electrons. The first kappa shape index (κ1) is 47.4.